The Balaban J connectivity index is 1.61. The Labute approximate surface area is 134 Å². The van der Waals surface area contributed by atoms with E-state index < -0.39 is 0 Å². The second-order valence-corrected chi connectivity index (χ2v) is 6.45. The number of amides is 1. The van der Waals surface area contributed by atoms with Gasteiger partial charge in [0.05, 0.1) is 17.5 Å². The number of benzene rings is 1. The first-order valence-electron chi connectivity index (χ1n) is 7.84. The maximum absolute atomic E-state index is 12.9. The van der Waals surface area contributed by atoms with E-state index in [1.165, 1.54) is 5.56 Å². The highest BCUT2D eigenvalue weighted by atomic mass is 35.5. The second kappa shape index (κ2) is 5.43. The topological polar surface area (TPSA) is 38.1 Å². The molecule has 0 atom stereocenters. The number of fused-ring (bicyclic) bond motifs is 2. The number of carbonyl (C=O) groups is 1. The molecule has 0 fully saturated rings. The fourth-order valence-electron chi connectivity index (χ4n) is 3.51. The Bertz CT molecular complexity index is 738. The molecular weight excluding hydrogens is 298 g/mol. The molecule has 2 aliphatic heterocycles. The zero-order chi connectivity index (χ0) is 15.1. The zero-order valence-electron chi connectivity index (χ0n) is 12.4. The molecule has 0 bridgehead atoms. The molecule has 1 aromatic heterocycles. The van der Waals surface area contributed by atoms with Crippen molar-refractivity contribution in [3.63, 3.8) is 0 Å². The molecule has 2 aromatic rings. The van der Waals surface area contributed by atoms with Crippen molar-refractivity contribution in [3.05, 3.63) is 51.8 Å². The molecule has 0 aliphatic carbocycles. The number of halogens is 1. The summed E-state index contributed by atoms with van der Waals surface area (Å²) in [7, 11) is 0. The largest absolute Gasteiger partial charge is 0.334 e. The first-order chi connectivity index (χ1) is 10.7. The summed E-state index contributed by atoms with van der Waals surface area (Å²) in [6.07, 6.45) is 5.82. The molecule has 3 heterocycles. The summed E-state index contributed by atoms with van der Waals surface area (Å²) in [6, 6.07) is 5.94. The fraction of sp³-hybridized carbons (Fsp3) is 0.412. The first kappa shape index (κ1) is 13.8. The summed E-state index contributed by atoms with van der Waals surface area (Å²) in [6.45, 7) is 2.29. The highest BCUT2D eigenvalue weighted by Gasteiger charge is 2.27. The molecule has 0 N–H and O–H groups in total. The van der Waals surface area contributed by atoms with Crippen molar-refractivity contribution < 1.29 is 4.79 Å². The van der Waals surface area contributed by atoms with E-state index in [2.05, 4.69) is 11.2 Å². The van der Waals surface area contributed by atoms with Gasteiger partial charge in [0, 0.05) is 24.7 Å². The maximum Gasteiger partial charge on any atom is 0.257 e. The Morgan fingerprint density at radius 3 is 3.00 bits per heavy atom. The van der Waals surface area contributed by atoms with E-state index in [-0.39, 0.29) is 5.91 Å². The van der Waals surface area contributed by atoms with Crippen LogP contribution < -0.4 is 0 Å². The fourth-order valence-corrected chi connectivity index (χ4v) is 3.79. The lowest BCUT2D eigenvalue weighted by molar-refractivity contribution is 0.0733. The predicted molar refractivity (Wildman–Crippen MR) is 85.1 cm³/mol. The summed E-state index contributed by atoms with van der Waals surface area (Å²) in [4.78, 5) is 14.8. The van der Waals surface area contributed by atoms with Gasteiger partial charge in [0.1, 0.15) is 0 Å². The Morgan fingerprint density at radius 2 is 2.09 bits per heavy atom. The molecular formula is C17H18ClN3O. The van der Waals surface area contributed by atoms with Gasteiger partial charge in [-0.2, -0.15) is 5.10 Å². The third-order valence-electron chi connectivity index (χ3n) is 4.71. The second-order valence-electron chi connectivity index (χ2n) is 6.04. The van der Waals surface area contributed by atoms with Gasteiger partial charge in [0.2, 0.25) is 0 Å². The monoisotopic (exact) mass is 315 g/mol. The van der Waals surface area contributed by atoms with Gasteiger partial charge < -0.3 is 4.90 Å². The van der Waals surface area contributed by atoms with E-state index in [0.717, 1.165) is 60.6 Å². The normalized spacial score (nSPS) is 17.0. The van der Waals surface area contributed by atoms with E-state index in [4.69, 9.17) is 11.6 Å². The van der Waals surface area contributed by atoms with Crippen LogP contribution in [-0.2, 0) is 25.9 Å². The first-order valence-corrected chi connectivity index (χ1v) is 8.22. The van der Waals surface area contributed by atoms with Crippen LogP contribution >= 0.6 is 11.6 Å². The molecule has 4 rings (SSSR count). The Hall–Kier alpha value is -1.81. The van der Waals surface area contributed by atoms with Crippen LogP contribution in [0, 0.1) is 0 Å². The Morgan fingerprint density at radius 1 is 1.18 bits per heavy atom. The highest BCUT2D eigenvalue weighted by molar-refractivity contribution is 6.31. The van der Waals surface area contributed by atoms with E-state index in [1.54, 1.807) is 6.20 Å². The van der Waals surface area contributed by atoms with Crippen LogP contribution in [0.15, 0.2) is 24.4 Å². The van der Waals surface area contributed by atoms with Gasteiger partial charge in [-0.15, -0.1) is 0 Å². The van der Waals surface area contributed by atoms with Gasteiger partial charge >= 0.3 is 0 Å². The molecule has 22 heavy (non-hydrogen) atoms. The van der Waals surface area contributed by atoms with Crippen LogP contribution in [0.3, 0.4) is 0 Å². The summed E-state index contributed by atoms with van der Waals surface area (Å²) < 4.78 is 1.99. The molecule has 114 valence electrons. The average molecular weight is 316 g/mol. The van der Waals surface area contributed by atoms with E-state index >= 15 is 0 Å². The molecule has 0 spiro atoms. The molecule has 1 amide bonds. The van der Waals surface area contributed by atoms with Crippen molar-refractivity contribution in [1.82, 2.24) is 14.7 Å². The molecule has 1 aromatic carbocycles. The van der Waals surface area contributed by atoms with Crippen molar-refractivity contribution in [2.75, 3.05) is 6.54 Å². The molecule has 4 nitrogen and oxygen atoms in total. The molecule has 5 heteroatoms. The third kappa shape index (κ3) is 2.22. The number of aryl methyl sites for hydroxylation is 1. The predicted octanol–water partition coefficient (Wildman–Crippen LogP) is 3.07. The van der Waals surface area contributed by atoms with Crippen molar-refractivity contribution in [2.24, 2.45) is 0 Å². The van der Waals surface area contributed by atoms with Crippen LogP contribution in [0.1, 0.15) is 40.0 Å². The lowest BCUT2D eigenvalue weighted by Gasteiger charge is -2.29. The lowest BCUT2D eigenvalue weighted by Crippen LogP contribution is -2.36. The van der Waals surface area contributed by atoms with E-state index in [9.17, 15) is 4.79 Å². The molecule has 0 radical (unpaired) electrons. The molecule has 0 saturated carbocycles. The van der Waals surface area contributed by atoms with Crippen LogP contribution in [0.2, 0.25) is 5.02 Å². The number of hydrogen-bond acceptors (Lipinski definition) is 2. The van der Waals surface area contributed by atoms with Gasteiger partial charge in [0.25, 0.3) is 5.91 Å². The van der Waals surface area contributed by atoms with Crippen molar-refractivity contribution in [3.8, 4) is 0 Å². The molecule has 0 saturated heterocycles. The van der Waals surface area contributed by atoms with Crippen molar-refractivity contribution in [1.29, 1.82) is 0 Å². The van der Waals surface area contributed by atoms with Crippen LogP contribution in [0.25, 0.3) is 0 Å². The van der Waals surface area contributed by atoms with Gasteiger partial charge in [-0.3, -0.25) is 9.48 Å². The smallest absolute Gasteiger partial charge is 0.257 e. The minimum Gasteiger partial charge on any atom is -0.334 e. The van der Waals surface area contributed by atoms with Crippen molar-refractivity contribution in [2.45, 2.75) is 38.8 Å². The van der Waals surface area contributed by atoms with Gasteiger partial charge in [-0.1, -0.05) is 23.7 Å². The average Bonchev–Trinajstić information content (AvgIpc) is 2.98. The number of nitrogens with zero attached hydrogens (tertiary/aromatic N) is 3. The summed E-state index contributed by atoms with van der Waals surface area (Å²) >= 11 is 6.25. The van der Waals surface area contributed by atoms with Crippen LogP contribution in [0.5, 0.6) is 0 Å². The quantitative estimate of drug-likeness (QED) is 0.811. The number of hydrogen-bond donors (Lipinski definition) is 0. The standard InChI is InChI=1S/C17H18ClN3O/c18-15-5-3-4-12-11-20(9-7-13(12)15)17(22)14-10-19-21-8-2-1-6-16(14)21/h3-5,10H,1-2,6-9,11H2. The van der Waals surface area contributed by atoms with Crippen LogP contribution in [0.4, 0.5) is 0 Å². The summed E-state index contributed by atoms with van der Waals surface area (Å²) in [5.41, 5.74) is 4.23. The highest BCUT2D eigenvalue weighted by Crippen LogP contribution is 2.27. The van der Waals surface area contributed by atoms with E-state index in [1.807, 2.05) is 21.7 Å². The third-order valence-corrected chi connectivity index (χ3v) is 5.06. The maximum atomic E-state index is 12.9. The van der Waals surface area contributed by atoms with Gasteiger partial charge in [-0.25, -0.2) is 0 Å². The number of carbonyl (C=O) groups excluding carboxylic acids is 1. The van der Waals surface area contributed by atoms with Gasteiger partial charge in [-0.05, 0) is 42.9 Å². The lowest BCUT2D eigenvalue weighted by atomic mass is 9.98. The summed E-state index contributed by atoms with van der Waals surface area (Å²) in [5, 5.41) is 5.19. The number of aromatic nitrogens is 2. The minimum atomic E-state index is 0.105. The van der Waals surface area contributed by atoms with Crippen LogP contribution in [-0.4, -0.2) is 27.1 Å². The SMILES string of the molecule is O=C(c1cnn2c1CCCC2)N1CCc2c(Cl)cccc2C1. The molecule has 0 unspecified atom stereocenters. The van der Waals surface area contributed by atoms with Crippen molar-refractivity contribution >= 4 is 17.5 Å². The van der Waals surface area contributed by atoms with E-state index in [0.29, 0.717) is 6.54 Å². The Kier molecular flexibility index (Phi) is 3.41. The summed E-state index contributed by atoms with van der Waals surface area (Å²) in [5.74, 6) is 0.105. The number of rotatable bonds is 1. The van der Waals surface area contributed by atoms with Gasteiger partial charge in [0.15, 0.2) is 0 Å². The minimum absolute atomic E-state index is 0.105. The zero-order valence-corrected chi connectivity index (χ0v) is 13.1. The molecule has 2 aliphatic rings.